The van der Waals surface area contributed by atoms with E-state index >= 15 is 0 Å². The smallest absolute Gasteiger partial charge is 0.433 e. The van der Waals surface area contributed by atoms with Crippen molar-refractivity contribution < 1.29 is 27.5 Å². The highest BCUT2D eigenvalue weighted by Gasteiger charge is 2.45. The number of nitrogens with zero attached hydrogens (tertiary/aromatic N) is 6. The number of amides is 2. The average Bonchev–Trinajstić information content (AvgIpc) is 3.59. The monoisotopic (exact) mass is 577 g/mol. The predicted octanol–water partition coefficient (Wildman–Crippen LogP) is 4.13. The summed E-state index contributed by atoms with van der Waals surface area (Å²) >= 11 is 0. The molecule has 0 aromatic carbocycles. The van der Waals surface area contributed by atoms with Crippen LogP contribution in [0, 0.1) is 0 Å². The number of hydrogen-bond acceptors (Lipinski definition) is 7. The lowest BCUT2D eigenvalue weighted by Gasteiger charge is -2.39. The van der Waals surface area contributed by atoms with Crippen LogP contribution in [-0.2, 0) is 15.7 Å². The number of piperidine rings is 1. The van der Waals surface area contributed by atoms with Crippen molar-refractivity contribution in [2.75, 3.05) is 39.0 Å². The summed E-state index contributed by atoms with van der Waals surface area (Å²) in [6, 6.07) is 0.726. The van der Waals surface area contributed by atoms with E-state index in [2.05, 4.69) is 15.4 Å². The molecule has 10 nitrogen and oxygen atoms in total. The van der Waals surface area contributed by atoms with Crippen LogP contribution in [0.1, 0.15) is 63.1 Å². The summed E-state index contributed by atoms with van der Waals surface area (Å²) in [7, 11) is 3.85. The van der Waals surface area contributed by atoms with E-state index in [0.717, 1.165) is 18.9 Å². The largest absolute Gasteiger partial charge is 0.444 e. The second-order valence-electron chi connectivity index (χ2n) is 11.9. The van der Waals surface area contributed by atoms with Gasteiger partial charge in [-0.15, -0.1) is 0 Å². The van der Waals surface area contributed by atoms with Gasteiger partial charge in [0.1, 0.15) is 11.9 Å². The standard InChI is InChI=1S/C28H38F3N7O3/c1-17(2)22-15-32-38-24(14-23(28(29,30)31)34-26(22)38)33-18-12-19-7-8-20(13-18)37(19)27(40)41-21-9-11-36(16-21)25(39)6-5-10-35(3)4/h5-6,14-15,17-21,33H,7-13,16H2,1-4H3/b6-5+. The van der Waals surface area contributed by atoms with Crippen LogP contribution in [0.3, 0.4) is 0 Å². The van der Waals surface area contributed by atoms with E-state index in [4.69, 9.17) is 4.74 Å². The fourth-order valence-corrected chi connectivity index (χ4v) is 6.14. The molecule has 5 rings (SSSR count). The molecule has 3 fully saturated rings. The fraction of sp³-hybridized carbons (Fsp3) is 0.643. The van der Waals surface area contributed by atoms with Gasteiger partial charge in [0.15, 0.2) is 11.3 Å². The Morgan fingerprint density at radius 3 is 2.54 bits per heavy atom. The van der Waals surface area contributed by atoms with Gasteiger partial charge in [-0.3, -0.25) is 4.79 Å². The van der Waals surface area contributed by atoms with Crippen molar-refractivity contribution in [1.82, 2.24) is 29.3 Å². The number of aromatic nitrogens is 3. The summed E-state index contributed by atoms with van der Waals surface area (Å²) < 4.78 is 48.4. The van der Waals surface area contributed by atoms with Gasteiger partial charge in [0, 0.05) is 55.3 Å². The molecule has 2 aromatic heterocycles. The number of ether oxygens (including phenoxy) is 1. The summed E-state index contributed by atoms with van der Waals surface area (Å²) in [5.41, 5.74) is -0.122. The topological polar surface area (TPSA) is 95.3 Å². The Bertz CT molecular complexity index is 1290. The number of carbonyl (C=O) groups is 2. The van der Waals surface area contributed by atoms with Gasteiger partial charge in [-0.1, -0.05) is 19.9 Å². The lowest BCUT2D eigenvalue weighted by Crippen LogP contribution is -2.50. The van der Waals surface area contributed by atoms with E-state index < -0.39 is 11.9 Å². The highest BCUT2D eigenvalue weighted by atomic mass is 19.4. The molecule has 0 saturated carbocycles. The van der Waals surface area contributed by atoms with Crippen LogP contribution in [0.25, 0.3) is 5.65 Å². The normalized spacial score (nSPS) is 24.8. The molecule has 13 heteroatoms. The first-order valence-electron chi connectivity index (χ1n) is 14.2. The van der Waals surface area contributed by atoms with Crippen molar-refractivity contribution in [3.05, 3.63) is 35.7 Å². The molecule has 2 amide bonds. The minimum Gasteiger partial charge on any atom is -0.444 e. The quantitative estimate of drug-likeness (QED) is 0.495. The maximum Gasteiger partial charge on any atom is 0.433 e. The number of likely N-dealkylation sites (tertiary alicyclic amines) is 1. The Hall–Kier alpha value is -3.35. The van der Waals surface area contributed by atoms with Crippen molar-refractivity contribution in [2.24, 2.45) is 0 Å². The molecule has 41 heavy (non-hydrogen) atoms. The minimum absolute atomic E-state index is 0.0361. The molecule has 1 N–H and O–H groups in total. The SMILES string of the molecule is CC(C)c1cnn2c(NC3CC4CCC(C3)N4C(=O)OC3CCN(C(=O)/C=C/CN(C)C)C3)cc(C(F)(F)F)nc12. The number of nitrogens with one attached hydrogen (secondary N) is 1. The lowest BCUT2D eigenvalue weighted by molar-refractivity contribution is -0.141. The van der Waals surface area contributed by atoms with Crippen molar-refractivity contribution in [2.45, 2.75) is 82.3 Å². The van der Waals surface area contributed by atoms with Crippen LogP contribution in [0.15, 0.2) is 24.4 Å². The zero-order valence-electron chi connectivity index (χ0n) is 23.9. The van der Waals surface area contributed by atoms with Crippen LogP contribution in [-0.4, -0.2) is 99.3 Å². The summed E-state index contributed by atoms with van der Waals surface area (Å²) in [6.07, 6.45) is 2.99. The van der Waals surface area contributed by atoms with Gasteiger partial charge in [0.2, 0.25) is 5.91 Å². The number of fused-ring (bicyclic) bond motifs is 3. The highest BCUT2D eigenvalue weighted by Crippen LogP contribution is 2.38. The zero-order valence-corrected chi connectivity index (χ0v) is 23.9. The number of anilines is 1. The molecule has 3 aliphatic heterocycles. The molecule has 3 unspecified atom stereocenters. The van der Waals surface area contributed by atoms with E-state index in [9.17, 15) is 22.8 Å². The third kappa shape index (κ3) is 6.29. The first-order valence-corrected chi connectivity index (χ1v) is 14.2. The predicted molar refractivity (Wildman–Crippen MR) is 147 cm³/mol. The molecule has 3 saturated heterocycles. The second kappa shape index (κ2) is 11.5. The first-order chi connectivity index (χ1) is 19.4. The molecule has 3 aliphatic rings. The summed E-state index contributed by atoms with van der Waals surface area (Å²) in [4.78, 5) is 35.0. The van der Waals surface area contributed by atoms with Gasteiger partial charge in [-0.2, -0.15) is 22.8 Å². The molecular formula is C28H38F3N7O3. The van der Waals surface area contributed by atoms with Gasteiger partial charge >= 0.3 is 12.3 Å². The molecule has 2 bridgehead atoms. The Morgan fingerprint density at radius 1 is 1.20 bits per heavy atom. The highest BCUT2D eigenvalue weighted by molar-refractivity contribution is 5.87. The maximum atomic E-state index is 13.7. The van der Waals surface area contributed by atoms with Crippen LogP contribution in [0.4, 0.5) is 23.8 Å². The zero-order chi connectivity index (χ0) is 29.5. The Morgan fingerprint density at radius 2 is 1.90 bits per heavy atom. The number of alkyl halides is 3. The van der Waals surface area contributed by atoms with E-state index in [1.165, 1.54) is 4.52 Å². The first kappa shape index (κ1) is 29.2. The van der Waals surface area contributed by atoms with Gasteiger partial charge in [-0.05, 0) is 45.7 Å². The van der Waals surface area contributed by atoms with Gasteiger partial charge in [-0.25, -0.2) is 9.78 Å². The molecule has 5 heterocycles. The molecule has 0 radical (unpaired) electrons. The van der Waals surface area contributed by atoms with Gasteiger partial charge in [0.25, 0.3) is 0 Å². The van der Waals surface area contributed by atoms with Crippen LogP contribution in [0.5, 0.6) is 0 Å². The van der Waals surface area contributed by atoms with E-state index in [1.54, 1.807) is 22.1 Å². The molecule has 224 valence electrons. The number of hydrogen-bond donors (Lipinski definition) is 1. The molecular weight excluding hydrogens is 539 g/mol. The van der Waals surface area contributed by atoms with Crippen molar-refractivity contribution in [3.63, 3.8) is 0 Å². The summed E-state index contributed by atoms with van der Waals surface area (Å²) in [5.74, 6) is 0.116. The van der Waals surface area contributed by atoms with E-state index in [-0.39, 0.29) is 53.6 Å². The van der Waals surface area contributed by atoms with Crippen LogP contribution in [0.2, 0.25) is 0 Å². The summed E-state index contributed by atoms with van der Waals surface area (Å²) in [5, 5.41) is 7.62. The third-order valence-corrected chi connectivity index (χ3v) is 8.16. The van der Waals surface area contributed by atoms with Crippen molar-refractivity contribution in [3.8, 4) is 0 Å². The average molecular weight is 578 g/mol. The minimum atomic E-state index is -4.59. The second-order valence-corrected chi connectivity index (χ2v) is 11.9. The fourth-order valence-electron chi connectivity index (χ4n) is 6.14. The number of likely N-dealkylation sites (N-methyl/N-ethyl adjacent to an activating group) is 1. The molecule has 0 spiro atoms. The Labute approximate surface area is 237 Å². The molecule has 2 aromatic rings. The summed E-state index contributed by atoms with van der Waals surface area (Å²) in [6.45, 7) is 5.36. The van der Waals surface area contributed by atoms with E-state index in [1.807, 2.05) is 38.9 Å². The third-order valence-electron chi connectivity index (χ3n) is 8.16. The number of carbonyl (C=O) groups excluding carboxylic acids is 2. The molecule has 0 aliphatic carbocycles. The van der Waals surface area contributed by atoms with Gasteiger partial charge < -0.3 is 24.8 Å². The number of rotatable bonds is 7. The van der Waals surface area contributed by atoms with Crippen molar-refractivity contribution >= 4 is 23.5 Å². The van der Waals surface area contributed by atoms with Crippen molar-refractivity contribution in [1.29, 1.82) is 0 Å². The van der Waals surface area contributed by atoms with Crippen LogP contribution >= 0.6 is 0 Å². The van der Waals surface area contributed by atoms with E-state index in [0.29, 0.717) is 44.5 Å². The number of halogens is 3. The van der Waals surface area contributed by atoms with Gasteiger partial charge in [0.05, 0.1) is 12.7 Å². The maximum absolute atomic E-state index is 13.7. The van der Waals surface area contributed by atoms with Crippen LogP contribution < -0.4 is 5.32 Å². The molecule has 3 atom stereocenters. The lowest BCUT2D eigenvalue weighted by atomic mass is 9.97. The Kier molecular flexibility index (Phi) is 8.18. The Balaban J connectivity index is 1.22.